The summed E-state index contributed by atoms with van der Waals surface area (Å²) in [4.78, 5) is 15.0. The van der Waals surface area contributed by atoms with Crippen LogP contribution < -0.4 is 5.32 Å². The number of morpholine rings is 1. The fourth-order valence-electron chi connectivity index (χ4n) is 11.4. The number of likely N-dealkylation sites (tertiary alicyclic amines) is 3. The van der Waals surface area contributed by atoms with Crippen LogP contribution in [0.25, 0.3) is 0 Å². The van der Waals surface area contributed by atoms with E-state index in [1.54, 1.807) is 0 Å². The van der Waals surface area contributed by atoms with E-state index in [2.05, 4.69) is 194 Å². The summed E-state index contributed by atoms with van der Waals surface area (Å²) in [5.74, 6) is 2.88. The molecule has 0 aromatic carbocycles. The molecule has 0 radical (unpaired) electrons. The average molecular weight is 1030 g/mol. The third kappa shape index (κ3) is 33.7. The first-order chi connectivity index (χ1) is 33.0. The first-order valence-corrected chi connectivity index (χ1v) is 30.7. The number of piperidine rings is 4. The van der Waals surface area contributed by atoms with Crippen LogP contribution in [-0.2, 0) is 4.74 Å². The third-order valence-electron chi connectivity index (χ3n) is 17.4. The van der Waals surface area contributed by atoms with Gasteiger partial charge in [0.1, 0.15) is 0 Å². The molecule has 440 valence electrons. The van der Waals surface area contributed by atoms with Crippen LogP contribution in [0.1, 0.15) is 249 Å². The molecule has 6 saturated heterocycles. The Morgan fingerprint density at radius 2 is 0.575 bits per heavy atom. The Hall–Kier alpha value is -0.320. The topological polar surface area (TPSA) is 40.7 Å². The summed E-state index contributed by atoms with van der Waals surface area (Å²) in [6, 6.07) is 0. The van der Waals surface area contributed by atoms with E-state index >= 15 is 0 Å². The van der Waals surface area contributed by atoms with Gasteiger partial charge in [-0.05, 0) is 248 Å². The maximum atomic E-state index is 5.25. The number of nitrogens with zero attached hydrogens (tertiary/aromatic N) is 6. The van der Waals surface area contributed by atoms with Gasteiger partial charge < -0.3 is 19.9 Å². The highest BCUT2D eigenvalue weighted by atomic mass is 16.5. The maximum absolute atomic E-state index is 5.25. The van der Waals surface area contributed by atoms with Crippen LogP contribution in [-0.4, -0.2) is 170 Å². The van der Waals surface area contributed by atoms with Crippen molar-refractivity contribution in [1.82, 2.24) is 34.7 Å². The number of ether oxygens (including phenoxy) is 1. The molecule has 0 spiro atoms. The predicted molar refractivity (Wildman–Crippen MR) is 329 cm³/mol. The van der Waals surface area contributed by atoms with Crippen molar-refractivity contribution in [3.8, 4) is 0 Å². The van der Waals surface area contributed by atoms with Crippen LogP contribution in [0.4, 0.5) is 0 Å². The molecule has 0 bridgehead atoms. The molecular formula is C65H139N7O. The largest absolute Gasteiger partial charge is 0.379 e. The summed E-state index contributed by atoms with van der Waals surface area (Å²) in [5.41, 5.74) is 3.12. The Balaban J connectivity index is 0.000000827. The fraction of sp³-hybridized carbons (Fsp3) is 1.00. The van der Waals surface area contributed by atoms with E-state index in [0.29, 0.717) is 38.4 Å². The molecule has 0 atom stereocenters. The van der Waals surface area contributed by atoms with Crippen molar-refractivity contribution in [2.45, 2.75) is 271 Å². The number of hydrogen-bond donors (Lipinski definition) is 1. The molecule has 73 heavy (non-hydrogen) atoms. The normalized spacial score (nSPS) is 23.1. The highest BCUT2D eigenvalue weighted by molar-refractivity contribution is 4.84. The van der Waals surface area contributed by atoms with E-state index in [1.165, 1.54) is 175 Å². The zero-order valence-corrected chi connectivity index (χ0v) is 53.7. The molecule has 1 saturated carbocycles. The molecule has 8 heteroatoms. The van der Waals surface area contributed by atoms with Crippen molar-refractivity contribution < 1.29 is 4.74 Å². The Morgan fingerprint density at radius 3 is 0.849 bits per heavy atom. The summed E-state index contributed by atoms with van der Waals surface area (Å²) >= 11 is 0. The molecule has 8 nitrogen and oxygen atoms in total. The second-order valence-electron chi connectivity index (χ2n) is 30.7. The molecule has 0 amide bonds. The molecule has 7 rings (SSSR count). The highest BCUT2D eigenvalue weighted by Gasteiger charge is 2.30. The maximum Gasteiger partial charge on any atom is 0.0594 e. The highest BCUT2D eigenvalue weighted by Crippen LogP contribution is 2.38. The zero-order chi connectivity index (χ0) is 55.0. The molecule has 6 aliphatic heterocycles. The van der Waals surface area contributed by atoms with E-state index in [9.17, 15) is 0 Å². The second-order valence-corrected chi connectivity index (χ2v) is 30.7. The van der Waals surface area contributed by atoms with Crippen molar-refractivity contribution in [2.75, 3.05) is 119 Å². The third-order valence-corrected chi connectivity index (χ3v) is 17.4. The second kappa shape index (κ2) is 34.6. The quantitative estimate of drug-likeness (QED) is 0.257. The number of nitrogens with one attached hydrogen (secondary N) is 1. The standard InChI is InChI=1S/C10H21N.C10H20.C9H20N2.3C9H19N.C8H17NO.CH4/c1-10(2,3)9-5-7-11(4)8-6-9;1-10(2,3)9-7-5-4-6-8-9;1-9(2,3)11-7-5-10(4)6-8-11;1-9(2,3)8-4-6-10-7-5-8;2*1-9(2,3)10-7-5-4-6-8-10;1-8(2,3)9-4-6-10-7-5-9;/h9H,5-8H2,1-4H3;9H,4-8H2,1-3H3;5-8H2,1-4H3;8,10H,4-7H2,1-3H3;2*4-8H2,1-3H3;4-7H2,1-3H3;1H4. The van der Waals surface area contributed by atoms with E-state index in [1.807, 2.05) is 0 Å². The molecule has 1 aliphatic carbocycles. The van der Waals surface area contributed by atoms with Crippen molar-refractivity contribution in [1.29, 1.82) is 0 Å². The van der Waals surface area contributed by atoms with Crippen LogP contribution in [0.2, 0.25) is 0 Å². The van der Waals surface area contributed by atoms with Gasteiger partial charge in [-0.3, -0.25) is 19.6 Å². The SMILES string of the molecule is C.CC(C)(C)C1CCCCC1.CC(C)(C)C1CCNCC1.CC(C)(C)N1CCCCC1.CC(C)(C)N1CCCCC1.CC(C)(C)N1CCOCC1.CN1CCC(C(C)(C)C)CC1.CN1CCN(C(C)(C)C)CC1. The lowest BCUT2D eigenvalue weighted by Crippen LogP contribution is -2.52. The van der Waals surface area contributed by atoms with Gasteiger partial charge in [-0.2, -0.15) is 0 Å². The molecule has 7 fully saturated rings. The van der Waals surface area contributed by atoms with E-state index in [0.717, 1.165) is 44.1 Å². The number of piperazine rings is 1. The Bertz CT molecular complexity index is 1090. The molecule has 1 N–H and O–H groups in total. The van der Waals surface area contributed by atoms with Crippen molar-refractivity contribution in [3.63, 3.8) is 0 Å². The number of hydrogen-bond acceptors (Lipinski definition) is 8. The summed E-state index contributed by atoms with van der Waals surface area (Å²) in [7, 11) is 4.42. The lowest BCUT2D eigenvalue weighted by atomic mass is 9.72. The monoisotopic (exact) mass is 1030 g/mol. The van der Waals surface area contributed by atoms with E-state index in [4.69, 9.17) is 4.74 Å². The zero-order valence-electron chi connectivity index (χ0n) is 53.7. The molecule has 6 heterocycles. The summed E-state index contributed by atoms with van der Waals surface area (Å²) in [6.45, 7) is 67.8. The van der Waals surface area contributed by atoms with Gasteiger partial charge in [-0.15, -0.1) is 0 Å². The Morgan fingerprint density at radius 1 is 0.301 bits per heavy atom. The van der Waals surface area contributed by atoms with Gasteiger partial charge in [0.25, 0.3) is 0 Å². The van der Waals surface area contributed by atoms with Crippen molar-refractivity contribution in [2.24, 2.45) is 34.0 Å². The van der Waals surface area contributed by atoms with Crippen molar-refractivity contribution in [3.05, 3.63) is 0 Å². The number of likely N-dealkylation sites (N-methyl/N-ethyl adjacent to an activating group) is 1. The fourth-order valence-corrected chi connectivity index (χ4v) is 11.4. The van der Waals surface area contributed by atoms with Gasteiger partial charge >= 0.3 is 0 Å². The number of rotatable bonds is 0. The Kier molecular flexibility index (Phi) is 34.5. The summed E-state index contributed by atoms with van der Waals surface area (Å²) in [5, 5.41) is 3.39. The van der Waals surface area contributed by atoms with Crippen LogP contribution in [0.15, 0.2) is 0 Å². The van der Waals surface area contributed by atoms with Gasteiger partial charge in [0.05, 0.1) is 13.2 Å². The van der Waals surface area contributed by atoms with Gasteiger partial charge in [-0.1, -0.05) is 102 Å². The minimum absolute atomic E-state index is 0. The lowest BCUT2D eigenvalue weighted by Gasteiger charge is -2.41. The first kappa shape index (κ1) is 72.7. The van der Waals surface area contributed by atoms with Crippen LogP contribution in [0.3, 0.4) is 0 Å². The van der Waals surface area contributed by atoms with Crippen LogP contribution in [0, 0.1) is 34.0 Å². The van der Waals surface area contributed by atoms with Crippen LogP contribution in [0.5, 0.6) is 0 Å². The first-order valence-electron chi connectivity index (χ1n) is 30.7. The minimum Gasteiger partial charge on any atom is -0.379 e. The summed E-state index contributed by atoms with van der Waals surface area (Å²) in [6.07, 6.45) is 21.4. The molecule has 7 aliphatic rings. The minimum atomic E-state index is 0. The molecular weight excluding hydrogens is 895 g/mol. The molecule has 0 unspecified atom stereocenters. The van der Waals surface area contributed by atoms with Gasteiger partial charge in [0.2, 0.25) is 0 Å². The van der Waals surface area contributed by atoms with E-state index < -0.39 is 0 Å². The van der Waals surface area contributed by atoms with Crippen LogP contribution >= 0.6 is 0 Å². The predicted octanol–water partition coefficient (Wildman–Crippen LogP) is 15.3. The molecule has 0 aromatic rings. The Labute approximate surface area is 461 Å². The van der Waals surface area contributed by atoms with Gasteiger partial charge in [-0.25, -0.2) is 0 Å². The average Bonchev–Trinajstić information content (AvgIpc) is 3.30. The molecule has 0 aromatic heterocycles. The van der Waals surface area contributed by atoms with Gasteiger partial charge in [0.15, 0.2) is 0 Å². The van der Waals surface area contributed by atoms with E-state index in [-0.39, 0.29) is 7.43 Å². The smallest absolute Gasteiger partial charge is 0.0594 e. The lowest BCUT2D eigenvalue weighted by molar-refractivity contribution is -0.00389. The van der Waals surface area contributed by atoms with Gasteiger partial charge in [0, 0.05) is 61.4 Å². The summed E-state index contributed by atoms with van der Waals surface area (Å²) < 4.78 is 5.25. The van der Waals surface area contributed by atoms with Crippen molar-refractivity contribution >= 4 is 0 Å².